The zero-order valence-corrected chi connectivity index (χ0v) is 12.2. The highest BCUT2D eigenvalue weighted by atomic mass is 14.7. The van der Waals surface area contributed by atoms with Crippen LogP contribution in [0.15, 0.2) is 90.6 Å². The normalized spacial score (nSPS) is 13.1. The molecule has 0 amide bonds. The topological polar surface area (TPSA) is 12.4 Å². The van der Waals surface area contributed by atoms with Gasteiger partial charge in [-0.1, -0.05) is 67.8 Å². The van der Waals surface area contributed by atoms with E-state index in [9.17, 15) is 0 Å². The Kier molecular flexibility index (Phi) is 6.77. The van der Waals surface area contributed by atoms with Gasteiger partial charge in [0.15, 0.2) is 0 Å². The molecule has 1 rings (SSSR count). The molecule has 0 aliphatic rings. The lowest BCUT2D eigenvalue weighted by Gasteiger charge is -2.00. The summed E-state index contributed by atoms with van der Waals surface area (Å²) in [6.07, 6.45) is 11.4. The molecule has 20 heavy (non-hydrogen) atoms. The Bertz CT molecular complexity index is 569. The molecule has 0 bridgehead atoms. The van der Waals surface area contributed by atoms with Crippen LogP contribution in [0, 0.1) is 0 Å². The molecular formula is C19H21N. The summed E-state index contributed by atoms with van der Waals surface area (Å²) >= 11 is 0. The third-order valence-corrected chi connectivity index (χ3v) is 2.83. The van der Waals surface area contributed by atoms with E-state index in [2.05, 4.69) is 18.2 Å². The van der Waals surface area contributed by atoms with Crippen molar-refractivity contribution >= 4 is 11.3 Å². The van der Waals surface area contributed by atoms with Gasteiger partial charge in [0, 0.05) is 11.9 Å². The smallest absolute Gasteiger partial charge is 0.0441 e. The molecule has 1 nitrogen and oxygen atoms in total. The first-order chi connectivity index (χ1) is 9.69. The lowest BCUT2D eigenvalue weighted by Crippen LogP contribution is -1.93. The van der Waals surface area contributed by atoms with Crippen LogP contribution < -0.4 is 0 Å². The average molecular weight is 263 g/mol. The first-order valence-electron chi connectivity index (χ1n) is 6.60. The van der Waals surface area contributed by atoms with E-state index >= 15 is 0 Å². The summed E-state index contributed by atoms with van der Waals surface area (Å²) in [7, 11) is 0. The third-order valence-electron chi connectivity index (χ3n) is 2.83. The Morgan fingerprint density at radius 1 is 1.15 bits per heavy atom. The molecule has 0 unspecified atom stereocenters. The molecule has 1 heteroatoms. The number of aliphatic imine (C=N–C) groups is 1. The SMILES string of the molecule is C=C\C=C/C(=C\C)C(/C)=N/C=C\C(=C)c1ccccc1. The van der Waals surface area contributed by atoms with E-state index in [4.69, 9.17) is 0 Å². The van der Waals surface area contributed by atoms with Crippen LogP contribution in [0.4, 0.5) is 0 Å². The van der Waals surface area contributed by atoms with Gasteiger partial charge in [0.05, 0.1) is 0 Å². The Morgan fingerprint density at radius 2 is 1.85 bits per heavy atom. The van der Waals surface area contributed by atoms with Gasteiger partial charge in [-0.15, -0.1) is 0 Å². The molecule has 1 aromatic carbocycles. The van der Waals surface area contributed by atoms with Crippen LogP contribution >= 0.6 is 0 Å². The molecule has 0 atom stereocenters. The van der Waals surface area contributed by atoms with E-state index in [0.717, 1.165) is 22.4 Å². The highest BCUT2D eigenvalue weighted by molar-refractivity contribution is 6.01. The van der Waals surface area contributed by atoms with Gasteiger partial charge in [-0.05, 0) is 36.6 Å². The molecule has 0 saturated carbocycles. The predicted molar refractivity (Wildman–Crippen MR) is 90.8 cm³/mol. The van der Waals surface area contributed by atoms with Gasteiger partial charge in [0.2, 0.25) is 0 Å². The van der Waals surface area contributed by atoms with Crippen LogP contribution in [0.1, 0.15) is 19.4 Å². The Labute approximate surface area is 122 Å². The number of nitrogens with zero attached hydrogens (tertiary/aromatic N) is 1. The van der Waals surface area contributed by atoms with Gasteiger partial charge in [-0.2, -0.15) is 0 Å². The van der Waals surface area contributed by atoms with E-state index in [1.807, 2.05) is 68.5 Å². The number of hydrogen-bond acceptors (Lipinski definition) is 1. The van der Waals surface area contributed by atoms with E-state index < -0.39 is 0 Å². The number of rotatable bonds is 6. The lowest BCUT2D eigenvalue weighted by molar-refractivity contribution is 1.49. The van der Waals surface area contributed by atoms with Crippen LogP contribution in [0.25, 0.3) is 5.57 Å². The second-order valence-corrected chi connectivity index (χ2v) is 4.26. The maximum Gasteiger partial charge on any atom is 0.0441 e. The van der Waals surface area contributed by atoms with Gasteiger partial charge in [-0.25, -0.2) is 0 Å². The average Bonchev–Trinajstić information content (AvgIpc) is 2.48. The Balaban J connectivity index is 2.76. The lowest BCUT2D eigenvalue weighted by atomic mass is 10.1. The number of benzene rings is 1. The van der Waals surface area contributed by atoms with Gasteiger partial charge in [-0.3, -0.25) is 4.99 Å². The largest absolute Gasteiger partial charge is 0.261 e. The van der Waals surface area contributed by atoms with Crippen molar-refractivity contribution in [2.75, 3.05) is 0 Å². The van der Waals surface area contributed by atoms with Crippen molar-refractivity contribution < 1.29 is 0 Å². The minimum absolute atomic E-state index is 0.950. The molecule has 0 N–H and O–H groups in total. The summed E-state index contributed by atoms with van der Waals surface area (Å²) in [6.45, 7) is 11.7. The summed E-state index contributed by atoms with van der Waals surface area (Å²) in [5, 5.41) is 0. The molecule has 0 aromatic heterocycles. The maximum absolute atomic E-state index is 4.44. The molecule has 0 aliphatic carbocycles. The summed E-state index contributed by atoms with van der Waals surface area (Å²) in [5.74, 6) is 0. The van der Waals surface area contributed by atoms with E-state index in [0.29, 0.717) is 0 Å². The molecule has 1 aromatic rings. The van der Waals surface area contributed by atoms with E-state index in [1.165, 1.54) is 0 Å². The van der Waals surface area contributed by atoms with Crippen molar-refractivity contribution in [1.82, 2.24) is 0 Å². The van der Waals surface area contributed by atoms with Crippen molar-refractivity contribution in [3.05, 3.63) is 91.2 Å². The Hall–Kier alpha value is -2.41. The van der Waals surface area contributed by atoms with Crippen molar-refractivity contribution in [2.45, 2.75) is 13.8 Å². The maximum atomic E-state index is 4.44. The fraction of sp³-hybridized carbons (Fsp3) is 0.105. The fourth-order valence-electron chi connectivity index (χ4n) is 1.66. The summed E-state index contributed by atoms with van der Waals surface area (Å²) < 4.78 is 0. The molecule has 0 aliphatic heterocycles. The highest BCUT2D eigenvalue weighted by Gasteiger charge is 1.95. The zero-order valence-electron chi connectivity index (χ0n) is 12.2. The summed E-state index contributed by atoms with van der Waals surface area (Å²) in [6, 6.07) is 10.1. The van der Waals surface area contributed by atoms with Crippen molar-refractivity contribution in [3.63, 3.8) is 0 Å². The van der Waals surface area contributed by atoms with Gasteiger partial charge in [0.1, 0.15) is 0 Å². The summed E-state index contributed by atoms with van der Waals surface area (Å²) in [5.41, 5.74) is 4.10. The number of hydrogen-bond donors (Lipinski definition) is 0. The molecule has 102 valence electrons. The zero-order chi connectivity index (χ0) is 14.8. The predicted octanol–water partition coefficient (Wildman–Crippen LogP) is 5.36. The van der Waals surface area contributed by atoms with Crippen molar-refractivity contribution in [1.29, 1.82) is 0 Å². The van der Waals surface area contributed by atoms with Crippen LogP contribution in [0.2, 0.25) is 0 Å². The quantitative estimate of drug-likeness (QED) is 0.484. The van der Waals surface area contributed by atoms with Gasteiger partial charge >= 0.3 is 0 Å². The highest BCUT2D eigenvalue weighted by Crippen LogP contribution is 2.12. The second kappa shape index (κ2) is 8.65. The molecular weight excluding hydrogens is 242 g/mol. The van der Waals surface area contributed by atoms with Crippen LogP contribution in [0.5, 0.6) is 0 Å². The van der Waals surface area contributed by atoms with Crippen LogP contribution in [-0.2, 0) is 0 Å². The standard InChI is InChI=1S/C19H21N/c1-5-7-11-18(6-2)17(4)20-15-14-16(3)19-12-9-8-10-13-19/h5-15H,1,3H2,2,4H3/b11-7-,15-14-,18-6+,20-17+. The molecule has 0 radical (unpaired) electrons. The van der Waals surface area contributed by atoms with E-state index in [1.54, 1.807) is 12.3 Å². The first kappa shape index (κ1) is 15.6. The minimum atomic E-state index is 0.950. The Morgan fingerprint density at radius 3 is 2.45 bits per heavy atom. The van der Waals surface area contributed by atoms with Crippen LogP contribution in [-0.4, -0.2) is 5.71 Å². The molecule has 0 spiro atoms. The molecule has 0 heterocycles. The first-order valence-corrected chi connectivity index (χ1v) is 6.60. The monoisotopic (exact) mass is 263 g/mol. The van der Waals surface area contributed by atoms with Gasteiger partial charge < -0.3 is 0 Å². The van der Waals surface area contributed by atoms with Crippen LogP contribution in [0.3, 0.4) is 0 Å². The van der Waals surface area contributed by atoms with Crippen molar-refractivity contribution in [3.8, 4) is 0 Å². The third kappa shape index (κ3) is 5.07. The number of allylic oxidation sites excluding steroid dienone is 7. The van der Waals surface area contributed by atoms with Crippen molar-refractivity contribution in [2.24, 2.45) is 4.99 Å². The fourth-order valence-corrected chi connectivity index (χ4v) is 1.66. The van der Waals surface area contributed by atoms with Gasteiger partial charge in [0.25, 0.3) is 0 Å². The molecule has 0 fully saturated rings. The molecule has 0 saturated heterocycles. The van der Waals surface area contributed by atoms with E-state index in [-0.39, 0.29) is 0 Å². The minimum Gasteiger partial charge on any atom is -0.261 e. The summed E-state index contributed by atoms with van der Waals surface area (Å²) in [4.78, 5) is 4.44. The second-order valence-electron chi connectivity index (χ2n) is 4.26.